The highest BCUT2D eigenvalue weighted by atomic mass is 32.2. The molecule has 0 radical (unpaired) electrons. The van der Waals surface area contributed by atoms with Gasteiger partial charge in [0.1, 0.15) is 5.84 Å². The first-order chi connectivity index (χ1) is 7.03. The van der Waals surface area contributed by atoms with Gasteiger partial charge < -0.3 is 10.9 Å². The quantitative estimate of drug-likeness (QED) is 0.151. The lowest BCUT2D eigenvalue weighted by molar-refractivity contribution is 0.316. The van der Waals surface area contributed by atoms with E-state index in [9.17, 15) is 8.42 Å². The normalized spacial score (nSPS) is 18.0. The average Bonchev–Trinajstić information content (AvgIpc) is 2.95. The third-order valence-corrected chi connectivity index (χ3v) is 3.16. The van der Waals surface area contributed by atoms with Crippen LogP contribution in [0.25, 0.3) is 0 Å². The minimum Gasteiger partial charge on any atom is -0.409 e. The molecule has 1 aliphatic rings. The van der Waals surface area contributed by atoms with E-state index in [-0.39, 0.29) is 18.4 Å². The van der Waals surface area contributed by atoms with E-state index in [0.29, 0.717) is 12.8 Å². The molecule has 1 aliphatic carbocycles. The highest BCUT2D eigenvalue weighted by Gasteiger charge is 2.26. The lowest BCUT2D eigenvalue weighted by Gasteiger charge is -2.06. The molecule has 1 fully saturated rings. The second-order valence-electron chi connectivity index (χ2n) is 3.48. The second-order valence-corrected chi connectivity index (χ2v) is 5.02. The number of hydrogen-bond donors (Lipinski definition) is 4. The van der Waals surface area contributed by atoms with Crippen LogP contribution in [0.4, 0.5) is 0 Å². The number of oxime groups is 1. The van der Waals surface area contributed by atoms with E-state index >= 15 is 0 Å². The molecule has 0 amide bonds. The molecule has 0 aromatic carbocycles. The summed E-state index contributed by atoms with van der Waals surface area (Å²) in [6.07, 6.45) is 2.68. The van der Waals surface area contributed by atoms with Crippen LogP contribution < -0.4 is 15.2 Å². The zero-order chi connectivity index (χ0) is 11.3. The summed E-state index contributed by atoms with van der Waals surface area (Å²) in [4.78, 5) is 0. The molecule has 88 valence electrons. The molecule has 0 atom stereocenters. The summed E-state index contributed by atoms with van der Waals surface area (Å²) >= 11 is 0. The number of rotatable bonds is 7. The fourth-order valence-electron chi connectivity index (χ4n) is 0.988. The van der Waals surface area contributed by atoms with Gasteiger partial charge in [-0.05, 0) is 19.3 Å². The van der Waals surface area contributed by atoms with E-state index in [1.165, 1.54) is 0 Å². The van der Waals surface area contributed by atoms with Gasteiger partial charge in [-0.25, -0.2) is 4.72 Å². The van der Waals surface area contributed by atoms with Gasteiger partial charge in [0.15, 0.2) is 0 Å². The van der Waals surface area contributed by atoms with E-state index in [2.05, 4.69) is 14.6 Å². The molecule has 0 unspecified atom stereocenters. The SMILES string of the molecule is NC(CCCNS(=O)(=O)NC1CC1)=NO. The molecule has 0 aromatic rings. The van der Waals surface area contributed by atoms with E-state index in [4.69, 9.17) is 10.9 Å². The Labute approximate surface area is 88.9 Å². The first-order valence-electron chi connectivity index (χ1n) is 4.77. The zero-order valence-corrected chi connectivity index (χ0v) is 9.13. The third-order valence-electron chi connectivity index (χ3n) is 1.93. The average molecular weight is 236 g/mol. The van der Waals surface area contributed by atoms with Gasteiger partial charge in [0.25, 0.3) is 10.2 Å². The van der Waals surface area contributed by atoms with Crippen LogP contribution in [0, 0.1) is 0 Å². The topological polar surface area (TPSA) is 117 Å². The van der Waals surface area contributed by atoms with Crippen LogP contribution in [0.5, 0.6) is 0 Å². The summed E-state index contributed by atoms with van der Waals surface area (Å²) in [6.45, 7) is 0.276. The van der Waals surface area contributed by atoms with E-state index in [0.717, 1.165) is 12.8 Å². The predicted octanol–water partition coefficient (Wildman–Crippen LogP) is -0.901. The molecule has 0 spiro atoms. The Kier molecular flexibility index (Phi) is 4.30. The van der Waals surface area contributed by atoms with E-state index < -0.39 is 10.2 Å². The summed E-state index contributed by atoms with van der Waals surface area (Å²) in [7, 11) is -3.37. The first kappa shape index (κ1) is 12.2. The Bertz CT molecular complexity index is 323. The Balaban J connectivity index is 2.12. The van der Waals surface area contributed by atoms with Gasteiger partial charge in [-0.1, -0.05) is 5.16 Å². The van der Waals surface area contributed by atoms with Crippen LogP contribution in [-0.2, 0) is 10.2 Å². The third kappa shape index (κ3) is 5.55. The first-order valence-corrected chi connectivity index (χ1v) is 6.25. The van der Waals surface area contributed by atoms with Crippen molar-refractivity contribution in [3.05, 3.63) is 0 Å². The second kappa shape index (κ2) is 5.29. The summed E-state index contributed by atoms with van der Waals surface area (Å²) in [5.74, 6) is 0.101. The maximum absolute atomic E-state index is 11.3. The summed E-state index contributed by atoms with van der Waals surface area (Å²) in [6, 6.07) is 0.103. The van der Waals surface area contributed by atoms with Crippen LogP contribution in [0.15, 0.2) is 5.16 Å². The Morgan fingerprint density at radius 2 is 2.20 bits per heavy atom. The van der Waals surface area contributed by atoms with Crippen LogP contribution in [-0.4, -0.2) is 32.0 Å². The predicted molar refractivity (Wildman–Crippen MR) is 55.7 cm³/mol. The summed E-state index contributed by atoms with van der Waals surface area (Å²) in [5, 5.41) is 11.0. The van der Waals surface area contributed by atoms with Gasteiger partial charge >= 0.3 is 0 Å². The molecule has 0 aliphatic heterocycles. The monoisotopic (exact) mass is 236 g/mol. The smallest absolute Gasteiger partial charge is 0.277 e. The van der Waals surface area contributed by atoms with Crippen molar-refractivity contribution in [3.8, 4) is 0 Å². The number of amidine groups is 1. The summed E-state index contributed by atoms with van der Waals surface area (Å²) < 4.78 is 27.4. The van der Waals surface area contributed by atoms with Crippen molar-refractivity contribution in [1.82, 2.24) is 9.44 Å². The maximum Gasteiger partial charge on any atom is 0.277 e. The minimum absolute atomic E-state index is 0.101. The van der Waals surface area contributed by atoms with Crippen LogP contribution in [0.1, 0.15) is 25.7 Å². The van der Waals surface area contributed by atoms with Crippen molar-refractivity contribution in [1.29, 1.82) is 0 Å². The molecule has 7 nitrogen and oxygen atoms in total. The van der Waals surface area contributed by atoms with Crippen molar-refractivity contribution in [2.24, 2.45) is 10.9 Å². The van der Waals surface area contributed by atoms with Crippen molar-refractivity contribution in [2.45, 2.75) is 31.7 Å². The molecular formula is C7H16N4O3S. The van der Waals surface area contributed by atoms with Crippen LogP contribution >= 0.6 is 0 Å². The van der Waals surface area contributed by atoms with Gasteiger partial charge in [-0.3, -0.25) is 0 Å². The molecule has 1 saturated carbocycles. The van der Waals surface area contributed by atoms with Gasteiger partial charge in [0.2, 0.25) is 0 Å². The largest absolute Gasteiger partial charge is 0.409 e. The fraction of sp³-hybridized carbons (Fsp3) is 0.857. The van der Waals surface area contributed by atoms with Crippen LogP contribution in [0.3, 0.4) is 0 Å². The molecule has 0 heterocycles. The maximum atomic E-state index is 11.3. The van der Waals surface area contributed by atoms with Crippen molar-refractivity contribution in [3.63, 3.8) is 0 Å². The molecule has 0 saturated heterocycles. The van der Waals surface area contributed by atoms with Gasteiger partial charge in [-0.2, -0.15) is 13.1 Å². The van der Waals surface area contributed by atoms with Crippen LogP contribution in [0.2, 0.25) is 0 Å². The minimum atomic E-state index is -3.37. The molecule has 0 aromatic heterocycles. The molecule has 15 heavy (non-hydrogen) atoms. The molecule has 0 bridgehead atoms. The molecule has 8 heteroatoms. The van der Waals surface area contributed by atoms with E-state index in [1.807, 2.05) is 0 Å². The van der Waals surface area contributed by atoms with Crippen molar-refractivity contribution < 1.29 is 13.6 Å². The Morgan fingerprint density at radius 1 is 1.53 bits per heavy atom. The van der Waals surface area contributed by atoms with Gasteiger partial charge in [0, 0.05) is 19.0 Å². The lowest BCUT2D eigenvalue weighted by atomic mass is 10.3. The Hall–Kier alpha value is -0.860. The van der Waals surface area contributed by atoms with Crippen molar-refractivity contribution in [2.75, 3.05) is 6.54 Å². The highest BCUT2D eigenvalue weighted by molar-refractivity contribution is 7.87. The number of nitrogens with one attached hydrogen (secondary N) is 2. The standard InChI is InChI=1S/C7H16N4O3S/c8-7(10-12)2-1-5-9-15(13,14)11-6-3-4-6/h6,9,11-12H,1-5H2,(H2,8,10). The Morgan fingerprint density at radius 3 is 2.73 bits per heavy atom. The number of nitrogens with two attached hydrogens (primary N) is 1. The number of hydrogen-bond acceptors (Lipinski definition) is 4. The number of nitrogens with zero attached hydrogens (tertiary/aromatic N) is 1. The molecular weight excluding hydrogens is 220 g/mol. The molecule has 5 N–H and O–H groups in total. The zero-order valence-electron chi connectivity index (χ0n) is 8.31. The van der Waals surface area contributed by atoms with Gasteiger partial charge in [0.05, 0.1) is 0 Å². The van der Waals surface area contributed by atoms with Gasteiger partial charge in [-0.15, -0.1) is 0 Å². The highest BCUT2D eigenvalue weighted by Crippen LogP contribution is 2.19. The van der Waals surface area contributed by atoms with Crippen molar-refractivity contribution >= 4 is 16.0 Å². The molecule has 1 rings (SSSR count). The van der Waals surface area contributed by atoms with E-state index in [1.54, 1.807) is 0 Å². The lowest BCUT2D eigenvalue weighted by Crippen LogP contribution is -2.38. The fourth-order valence-corrected chi connectivity index (χ4v) is 2.16. The summed E-state index contributed by atoms with van der Waals surface area (Å²) in [5.41, 5.74) is 5.22.